The van der Waals surface area contributed by atoms with Crippen LogP contribution in [0.2, 0.25) is 0 Å². The van der Waals surface area contributed by atoms with E-state index in [9.17, 15) is 4.79 Å². The lowest BCUT2D eigenvalue weighted by Crippen LogP contribution is -2.42. The molecule has 1 amide bonds. The number of hydrogen-bond donors (Lipinski definition) is 0. The van der Waals surface area contributed by atoms with E-state index < -0.39 is 0 Å². The van der Waals surface area contributed by atoms with Gasteiger partial charge in [-0.05, 0) is 37.5 Å². The normalized spacial score (nSPS) is 15.9. The molecule has 2 rings (SSSR count). The van der Waals surface area contributed by atoms with Crippen molar-refractivity contribution in [3.8, 4) is 5.75 Å². The largest absolute Gasteiger partial charge is 0.497 e. The molecular weight excluding hydrogens is 250 g/mol. The van der Waals surface area contributed by atoms with Gasteiger partial charge in [-0.25, -0.2) is 0 Å². The summed E-state index contributed by atoms with van der Waals surface area (Å²) in [6.07, 6.45) is 6.64. The molecule has 0 bridgehead atoms. The molecule has 1 fully saturated rings. The first-order chi connectivity index (χ1) is 9.74. The molecule has 110 valence electrons. The second-order valence-corrected chi connectivity index (χ2v) is 5.50. The summed E-state index contributed by atoms with van der Waals surface area (Å²) in [6, 6.07) is 8.25. The molecular formula is C17H25NO2. The van der Waals surface area contributed by atoms with E-state index in [1.165, 1.54) is 19.3 Å². The van der Waals surface area contributed by atoms with Crippen molar-refractivity contribution in [2.24, 2.45) is 0 Å². The van der Waals surface area contributed by atoms with Crippen molar-refractivity contribution in [2.75, 3.05) is 13.7 Å². The zero-order valence-corrected chi connectivity index (χ0v) is 12.6. The summed E-state index contributed by atoms with van der Waals surface area (Å²) in [4.78, 5) is 14.6. The molecule has 0 aliphatic heterocycles. The van der Waals surface area contributed by atoms with E-state index in [2.05, 4.69) is 11.8 Å². The Bertz CT molecular complexity index is 438. The van der Waals surface area contributed by atoms with Crippen LogP contribution in [0.1, 0.15) is 44.6 Å². The SMILES string of the molecule is CCN(C(=O)Cc1cccc(OC)c1)C1CCCCC1. The highest BCUT2D eigenvalue weighted by Crippen LogP contribution is 2.23. The maximum Gasteiger partial charge on any atom is 0.227 e. The van der Waals surface area contributed by atoms with E-state index in [0.29, 0.717) is 12.5 Å². The monoisotopic (exact) mass is 275 g/mol. The summed E-state index contributed by atoms with van der Waals surface area (Å²) < 4.78 is 5.21. The molecule has 1 aromatic rings. The Morgan fingerprint density at radius 2 is 2.05 bits per heavy atom. The summed E-state index contributed by atoms with van der Waals surface area (Å²) in [5, 5.41) is 0. The van der Waals surface area contributed by atoms with Gasteiger partial charge in [0.25, 0.3) is 0 Å². The number of ether oxygens (including phenoxy) is 1. The van der Waals surface area contributed by atoms with Crippen LogP contribution in [-0.2, 0) is 11.2 Å². The zero-order valence-electron chi connectivity index (χ0n) is 12.6. The fourth-order valence-electron chi connectivity index (χ4n) is 3.09. The number of carbonyl (C=O) groups is 1. The lowest BCUT2D eigenvalue weighted by Gasteiger charge is -2.33. The van der Waals surface area contributed by atoms with Crippen molar-refractivity contribution >= 4 is 5.91 Å². The van der Waals surface area contributed by atoms with E-state index >= 15 is 0 Å². The Labute approximate surface area is 121 Å². The van der Waals surface area contributed by atoms with Gasteiger partial charge in [-0.3, -0.25) is 4.79 Å². The maximum atomic E-state index is 12.5. The van der Waals surface area contributed by atoms with E-state index in [0.717, 1.165) is 30.7 Å². The van der Waals surface area contributed by atoms with Gasteiger partial charge in [-0.15, -0.1) is 0 Å². The standard InChI is InChI=1S/C17H25NO2/c1-3-18(15-9-5-4-6-10-15)17(19)13-14-8-7-11-16(12-14)20-2/h7-8,11-12,15H,3-6,9-10,13H2,1-2H3. The minimum atomic E-state index is 0.243. The molecule has 0 spiro atoms. The van der Waals surface area contributed by atoms with Gasteiger partial charge in [0, 0.05) is 12.6 Å². The number of benzene rings is 1. The fourth-order valence-corrected chi connectivity index (χ4v) is 3.09. The Hall–Kier alpha value is -1.51. The number of nitrogens with zero attached hydrogens (tertiary/aromatic N) is 1. The number of carbonyl (C=O) groups excluding carboxylic acids is 1. The highest BCUT2D eigenvalue weighted by molar-refractivity contribution is 5.79. The maximum absolute atomic E-state index is 12.5. The first-order valence-electron chi connectivity index (χ1n) is 7.67. The van der Waals surface area contributed by atoms with Crippen LogP contribution in [0, 0.1) is 0 Å². The van der Waals surface area contributed by atoms with Crippen LogP contribution in [0.15, 0.2) is 24.3 Å². The van der Waals surface area contributed by atoms with Crippen LogP contribution in [-0.4, -0.2) is 30.5 Å². The highest BCUT2D eigenvalue weighted by Gasteiger charge is 2.23. The molecule has 1 aromatic carbocycles. The van der Waals surface area contributed by atoms with Crippen molar-refractivity contribution in [3.63, 3.8) is 0 Å². The molecule has 20 heavy (non-hydrogen) atoms. The van der Waals surface area contributed by atoms with Crippen LogP contribution in [0.25, 0.3) is 0 Å². The van der Waals surface area contributed by atoms with Crippen LogP contribution in [0.4, 0.5) is 0 Å². The molecule has 3 heteroatoms. The first-order valence-corrected chi connectivity index (χ1v) is 7.67. The molecule has 1 saturated carbocycles. The molecule has 0 N–H and O–H groups in total. The summed E-state index contributed by atoms with van der Waals surface area (Å²) in [5.74, 6) is 1.06. The Kier molecular flexibility index (Phi) is 5.45. The van der Waals surface area contributed by atoms with Gasteiger partial charge in [0.1, 0.15) is 5.75 Å². The molecule has 0 atom stereocenters. The lowest BCUT2D eigenvalue weighted by atomic mass is 9.93. The van der Waals surface area contributed by atoms with E-state index in [1.807, 2.05) is 24.3 Å². The third-order valence-corrected chi connectivity index (χ3v) is 4.17. The predicted molar refractivity (Wildman–Crippen MR) is 81.0 cm³/mol. The predicted octanol–water partition coefficient (Wildman–Crippen LogP) is 3.42. The number of likely N-dealkylation sites (N-methyl/N-ethyl adjacent to an activating group) is 1. The fraction of sp³-hybridized carbons (Fsp3) is 0.588. The second-order valence-electron chi connectivity index (χ2n) is 5.50. The van der Waals surface area contributed by atoms with Gasteiger partial charge in [0.2, 0.25) is 5.91 Å². The van der Waals surface area contributed by atoms with Crippen LogP contribution in [0.5, 0.6) is 5.75 Å². The minimum absolute atomic E-state index is 0.243. The first kappa shape index (κ1) is 14.9. The average molecular weight is 275 g/mol. The van der Waals surface area contributed by atoms with Crippen molar-refractivity contribution in [2.45, 2.75) is 51.5 Å². The second kappa shape index (κ2) is 7.32. The van der Waals surface area contributed by atoms with Gasteiger partial charge in [0.15, 0.2) is 0 Å². The molecule has 1 aliphatic carbocycles. The molecule has 3 nitrogen and oxygen atoms in total. The lowest BCUT2D eigenvalue weighted by molar-refractivity contribution is -0.133. The van der Waals surface area contributed by atoms with E-state index in [4.69, 9.17) is 4.74 Å². The Balaban J connectivity index is 2.00. The smallest absolute Gasteiger partial charge is 0.227 e. The third-order valence-electron chi connectivity index (χ3n) is 4.17. The molecule has 0 radical (unpaired) electrons. The van der Waals surface area contributed by atoms with Crippen molar-refractivity contribution in [1.29, 1.82) is 0 Å². The summed E-state index contributed by atoms with van der Waals surface area (Å²) in [7, 11) is 1.65. The Morgan fingerprint density at radius 3 is 2.70 bits per heavy atom. The number of hydrogen-bond acceptors (Lipinski definition) is 2. The molecule has 0 saturated heterocycles. The van der Waals surface area contributed by atoms with Gasteiger partial charge in [-0.1, -0.05) is 31.4 Å². The minimum Gasteiger partial charge on any atom is -0.497 e. The molecule has 1 aliphatic rings. The van der Waals surface area contributed by atoms with Gasteiger partial charge < -0.3 is 9.64 Å². The van der Waals surface area contributed by atoms with Gasteiger partial charge in [-0.2, -0.15) is 0 Å². The van der Waals surface area contributed by atoms with Crippen LogP contribution in [0.3, 0.4) is 0 Å². The average Bonchev–Trinajstić information content (AvgIpc) is 2.49. The quantitative estimate of drug-likeness (QED) is 0.824. The molecule has 0 aromatic heterocycles. The topological polar surface area (TPSA) is 29.5 Å². The van der Waals surface area contributed by atoms with Crippen molar-refractivity contribution in [3.05, 3.63) is 29.8 Å². The van der Waals surface area contributed by atoms with Crippen molar-refractivity contribution in [1.82, 2.24) is 4.90 Å². The summed E-state index contributed by atoms with van der Waals surface area (Å²) >= 11 is 0. The number of methoxy groups -OCH3 is 1. The number of rotatable bonds is 5. The Morgan fingerprint density at radius 1 is 1.30 bits per heavy atom. The number of amides is 1. The summed E-state index contributed by atoms with van der Waals surface area (Å²) in [5.41, 5.74) is 1.03. The molecule has 0 unspecified atom stereocenters. The van der Waals surface area contributed by atoms with Gasteiger partial charge in [0.05, 0.1) is 13.5 Å². The van der Waals surface area contributed by atoms with E-state index in [1.54, 1.807) is 7.11 Å². The molecule has 0 heterocycles. The van der Waals surface area contributed by atoms with Crippen molar-refractivity contribution < 1.29 is 9.53 Å². The summed E-state index contributed by atoms with van der Waals surface area (Å²) in [6.45, 7) is 2.89. The van der Waals surface area contributed by atoms with Crippen LogP contribution < -0.4 is 4.74 Å². The van der Waals surface area contributed by atoms with Crippen LogP contribution >= 0.6 is 0 Å². The third kappa shape index (κ3) is 3.75. The highest BCUT2D eigenvalue weighted by atomic mass is 16.5. The van der Waals surface area contributed by atoms with Gasteiger partial charge >= 0.3 is 0 Å². The zero-order chi connectivity index (χ0) is 14.4. The van der Waals surface area contributed by atoms with E-state index in [-0.39, 0.29) is 5.91 Å².